The van der Waals surface area contributed by atoms with Gasteiger partial charge >= 0.3 is 0 Å². The lowest BCUT2D eigenvalue weighted by Gasteiger charge is -2.37. The molecular weight excluding hydrogens is 464 g/mol. The SMILES string of the molecule is CCCCOc1ccc([C@]2(C)CC(c3ccc(C)cc3)=C(C(=O)NS(=O)(=O)C3CC3)C(=O)N2)cc1. The highest BCUT2D eigenvalue weighted by Gasteiger charge is 2.42. The van der Waals surface area contributed by atoms with Crippen LogP contribution in [0.4, 0.5) is 0 Å². The normalized spacial score (nSPS) is 20.4. The van der Waals surface area contributed by atoms with Crippen LogP contribution in [0, 0.1) is 6.92 Å². The van der Waals surface area contributed by atoms with Gasteiger partial charge in [0.25, 0.3) is 11.8 Å². The molecule has 1 atom stereocenters. The van der Waals surface area contributed by atoms with Crippen LogP contribution in [0.1, 0.15) is 62.6 Å². The van der Waals surface area contributed by atoms with Gasteiger partial charge < -0.3 is 10.1 Å². The predicted octanol–water partition coefficient (Wildman–Crippen LogP) is 3.97. The van der Waals surface area contributed by atoms with E-state index < -0.39 is 32.6 Å². The molecule has 35 heavy (non-hydrogen) atoms. The van der Waals surface area contributed by atoms with E-state index in [9.17, 15) is 18.0 Å². The second-order valence-corrected chi connectivity index (χ2v) is 11.5. The number of amides is 2. The molecule has 1 aliphatic carbocycles. The minimum atomic E-state index is -3.79. The number of unbranched alkanes of at least 4 members (excludes halogenated alkanes) is 1. The van der Waals surface area contributed by atoms with Gasteiger partial charge in [-0.15, -0.1) is 0 Å². The van der Waals surface area contributed by atoms with Crippen molar-refractivity contribution in [2.75, 3.05) is 6.61 Å². The maximum absolute atomic E-state index is 13.3. The average molecular weight is 497 g/mol. The fourth-order valence-electron chi connectivity index (χ4n) is 4.25. The Morgan fingerprint density at radius 1 is 1.11 bits per heavy atom. The van der Waals surface area contributed by atoms with Gasteiger partial charge in [0.2, 0.25) is 10.0 Å². The zero-order valence-electron chi connectivity index (χ0n) is 20.4. The number of carbonyl (C=O) groups excluding carboxylic acids is 2. The molecule has 1 heterocycles. The number of nitrogens with one attached hydrogen (secondary N) is 2. The van der Waals surface area contributed by atoms with Gasteiger partial charge in [0.05, 0.1) is 17.4 Å². The maximum Gasteiger partial charge on any atom is 0.270 e. The van der Waals surface area contributed by atoms with Gasteiger partial charge in [0.15, 0.2) is 0 Å². The Bertz CT molecular complexity index is 1250. The number of ether oxygens (including phenoxy) is 1. The third kappa shape index (κ3) is 5.59. The summed E-state index contributed by atoms with van der Waals surface area (Å²) >= 11 is 0. The van der Waals surface area contributed by atoms with Crippen LogP contribution in [0.25, 0.3) is 5.57 Å². The molecule has 0 radical (unpaired) electrons. The summed E-state index contributed by atoms with van der Waals surface area (Å²) < 4.78 is 32.7. The van der Waals surface area contributed by atoms with Gasteiger partial charge in [-0.1, -0.05) is 55.3 Å². The van der Waals surface area contributed by atoms with Crippen LogP contribution in [0.5, 0.6) is 5.75 Å². The molecule has 186 valence electrons. The van der Waals surface area contributed by atoms with E-state index in [4.69, 9.17) is 4.74 Å². The lowest BCUT2D eigenvalue weighted by molar-refractivity contribution is -0.124. The van der Waals surface area contributed by atoms with Crippen molar-refractivity contribution in [2.24, 2.45) is 0 Å². The van der Waals surface area contributed by atoms with Crippen molar-refractivity contribution in [3.05, 3.63) is 70.8 Å². The first kappa shape index (κ1) is 25.0. The highest BCUT2D eigenvalue weighted by atomic mass is 32.2. The number of aryl methyl sites for hydroxylation is 1. The van der Waals surface area contributed by atoms with E-state index in [1.165, 1.54) is 0 Å². The van der Waals surface area contributed by atoms with Gasteiger partial charge in [-0.2, -0.15) is 0 Å². The van der Waals surface area contributed by atoms with Gasteiger partial charge in [-0.3, -0.25) is 9.59 Å². The van der Waals surface area contributed by atoms with E-state index in [0.717, 1.165) is 29.7 Å². The molecule has 2 aliphatic rings. The quantitative estimate of drug-likeness (QED) is 0.404. The predicted molar refractivity (Wildman–Crippen MR) is 135 cm³/mol. The zero-order chi connectivity index (χ0) is 25.2. The van der Waals surface area contributed by atoms with Crippen molar-refractivity contribution in [2.45, 2.75) is 63.7 Å². The molecule has 0 unspecified atom stereocenters. The molecule has 0 saturated heterocycles. The van der Waals surface area contributed by atoms with Gasteiger partial charge in [0, 0.05) is 6.42 Å². The zero-order valence-corrected chi connectivity index (χ0v) is 21.2. The van der Waals surface area contributed by atoms with E-state index in [1.54, 1.807) is 0 Å². The minimum absolute atomic E-state index is 0.157. The Morgan fingerprint density at radius 2 is 1.77 bits per heavy atom. The molecule has 0 aromatic heterocycles. The fraction of sp³-hybridized carbons (Fsp3) is 0.407. The van der Waals surface area contributed by atoms with Crippen LogP contribution < -0.4 is 14.8 Å². The van der Waals surface area contributed by atoms with Crippen molar-refractivity contribution < 1.29 is 22.7 Å². The largest absolute Gasteiger partial charge is 0.494 e. The standard InChI is InChI=1S/C27H32N2O5S/c1-4-5-16-34-21-12-10-20(11-13-21)27(3)17-23(19-8-6-18(2)7-9-19)24(25(30)28-27)26(31)29-35(32,33)22-14-15-22/h6-13,22H,4-5,14-17H2,1-3H3,(H,28,30)(H,29,31)/t27-/m0/s1. The summed E-state index contributed by atoms with van der Waals surface area (Å²) in [6.45, 7) is 6.61. The lowest BCUT2D eigenvalue weighted by Crippen LogP contribution is -2.50. The van der Waals surface area contributed by atoms with Crippen LogP contribution in [0.15, 0.2) is 54.1 Å². The molecule has 1 aliphatic heterocycles. The topological polar surface area (TPSA) is 102 Å². The third-order valence-corrected chi connectivity index (χ3v) is 8.35. The second kappa shape index (κ2) is 9.85. The molecule has 1 saturated carbocycles. The van der Waals surface area contributed by atoms with Crippen molar-refractivity contribution in [3.63, 3.8) is 0 Å². The molecule has 2 aromatic carbocycles. The second-order valence-electron chi connectivity index (χ2n) is 9.58. The smallest absolute Gasteiger partial charge is 0.270 e. The molecule has 8 heteroatoms. The minimum Gasteiger partial charge on any atom is -0.494 e. The van der Waals surface area contributed by atoms with Crippen molar-refractivity contribution in [1.29, 1.82) is 0 Å². The number of hydrogen-bond acceptors (Lipinski definition) is 5. The summed E-state index contributed by atoms with van der Waals surface area (Å²) in [6.07, 6.45) is 3.39. The Balaban J connectivity index is 1.68. The van der Waals surface area contributed by atoms with Crippen LogP contribution in [-0.2, 0) is 25.2 Å². The van der Waals surface area contributed by atoms with Gasteiger partial charge in [-0.25, -0.2) is 13.1 Å². The van der Waals surface area contributed by atoms with E-state index >= 15 is 0 Å². The summed E-state index contributed by atoms with van der Waals surface area (Å²) in [5, 5.41) is 2.40. The monoisotopic (exact) mass is 496 g/mol. The number of hydrogen-bond donors (Lipinski definition) is 2. The van der Waals surface area contributed by atoms with Crippen LogP contribution >= 0.6 is 0 Å². The molecule has 2 N–H and O–H groups in total. The van der Waals surface area contributed by atoms with Crippen LogP contribution in [0.2, 0.25) is 0 Å². The molecule has 7 nitrogen and oxygen atoms in total. The summed E-state index contributed by atoms with van der Waals surface area (Å²) in [5.41, 5.74) is 2.18. The number of rotatable bonds is 9. The molecule has 4 rings (SSSR count). The van der Waals surface area contributed by atoms with Crippen LogP contribution in [-0.4, -0.2) is 32.1 Å². The average Bonchev–Trinajstić information content (AvgIpc) is 3.66. The summed E-state index contributed by atoms with van der Waals surface area (Å²) in [6, 6.07) is 15.1. The van der Waals surface area contributed by atoms with Crippen molar-refractivity contribution >= 4 is 27.4 Å². The van der Waals surface area contributed by atoms with Crippen molar-refractivity contribution in [3.8, 4) is 5.75 Å². The molecule has 0 bridgehead atoms. The van der Waals surface area contributed by atoms with Gasteiger partial charge in [0.1, 0.15) is 11.3 Å². The summed E-state index contributed by atoms with van der Waals surface area (Å²) in [5.74, 6) is -0.722. The number of carbonyl (C=O) groups is 2. The first-order valence-corrected chi connectivity index (χ1v) is 13.6. The molecule has 2 amide bonds. The molecular formula is C27H32N2O5S. The first-order chi connectivity index (χ1) is 16.6. The highest BCUT2D eigenvalue weighted by molar-refractivity contribution is 7.91. The number of sulfonamides is 1. The Hall–Kier alpha value is -3.13. The van der Waals surface area contributed by atoms with E-state index in [0.29, 0.717) is 37.0 Å². The first-order valence-electron chi connectivity index (χ1n) is 12.0. The summed E-state index contributed by atoms with van der Waals surface area (Å²) in [4.78, 5) is 26.4. The van der Waals surface area contributed by atoms with Gasteiger partial charge in [-0.05, 0) is 61.9 Å². The summed E-state index contributed by atoms with van der Waals surface area (Å²) in [7, 11) is -3.79. The van der Waals surface area contributed by atoms with Crippen LogP contribution in [0.3, 0.4) is 0 Å². The maximum atomic E-state index is 13.3. The van der Waals surface area contributed by atoms with E-state index in [1.807, 2.05) is 62.4 Å². The highest BCUT2D eigenvalue weighted by Crippen LogP contribution is 2.39. The number of benzene rings is 2. The lowest BCUT2D eigenvalue weighted by atomic mass is 9.78. The van der Waals surface area contributed by atoms with E-state index in [-0.39, 0.29) is 5.57 Å². The molecule has 2 aromatic rings. The molecule has 0 spiro atoms. The Kier molecular flexibility index (Phi) is 7.03. The Morgan fingerprint density at radius 3 is 2.37 bits per heavy atom. The van der Waals surface area contributed by atoms with Crippen molar-refractivity contribution in [1.82, 2.24) is 10.0 Å². The molecule has 1 fully saturated rings. The third-order valence-electron chi connectivity index (χ3n) is 6.53. The fourth-order valence-corrected chi connectivity index (χ4v) is 5.53. The van der Waals surface area contributed by atoms with E-state index in [2.05, 4.69) is 17.0 Å². The Labute approximate surface area is 207 Å².